The highest BCUT2D eigenvalue weighted by molar-refractivity contribution is 5.93. The lowest BCUT2D eigenvalue weighted by atomic mass is 10.1. The molecule has 1 saturated heterocycles. The second kappa shape index (κ2) is 9.64. The van der Waals surface area contributed by atoms with Crippen molar-refractivity contribution in [1.29, 1.82) is 0 Å². The van der Waals surface area contributed by atoms with Crippen LogP contribution in [0.5, 0.6) is 0 Å². The maximum Gasteiger partial charge on any atom is 0.180 e. The van der Waals surface area contributed by atoms with Crippen LogP contribution in [0.15, 0.2) is 18.2 Å². The number of ketones is 1. The molecule has 0 unspecified atom stereocenters. The van der Waals surface area contributed by atoms with Gasteiger partial charge in [-0.15, -0.1) is 0 Å². The van der Waals surface area contributed by atoms with Crippen LogP contribution in [-0.4, -0.2) is 48.5 Å². The van der Waals surface area contributed by atoms with Crippen molar-refractivity contribution < 1.29 is 9.53 Å². The summed E-state index contributed by atoms with van der Waals surface area (Å²) in [4.78, 5) is 18.4. The van der Waals surface area contributed by atoms with E-state index in [1.54, 1.807) is 13.2 Å². The second-order valence-corrected chi connectivity index (χ2v) is 5.01. The van der Waals surface area contributed by atoms with Gasteiger partial charge in [0.2, 0.25) is 0 Å². The monoisotopic (exact) mass is 292 g/mol. The van der Waals surface area contributed by atoms with Crippen LogP contribution in [0.25, 0.3) is 0 Å². The van der Waals surface area contributed by atoms with Crippen molar-refractivity contribution in [3.8, 4) is 0 Å². The van der Waals surface area contributed by atoms with Crippen LogP contribution in [0.1, 0.15) is 49.8 Å². The number of hydrogen-bond acceptors (Lipinski definition) is 4. The first kappa shape index (κ1) is 17.8. The Bertz CT molecular complexity index is 429. The minimum absolute atomic E-state index is 0.118. The average Bonchev–Trinajstić information content (AvgIpc) is 2.51. The quantitative estimate of drug-likeness (QED) is 0.725. The molecule has 0 amide bonds. The molecule has 0 aliphatic carbocycles. The molecule has 1 aromatic rings. The standard InChI is InChI=1S/C15H22N2O2.C2H6/c1-3-15(18)14-8-4-6-12(16-14)7-5-9-17-10-13(11-17)19-2;1-2/h4,6,8,13H,3,5,7,9-11H2,1-2H3;1-2H3. The molecule has 0 radical (unpaired) electrons. The summed E-state index contributed by atoms with van der Waals surface area (Å²) in [6.07, 6.45) is 2.94. The van der Waals surface area contributed by atoms with Gasteiger partial charge in [-0.25, -0.2) is 4.98 Å². The van der Waals surface area contributed by atoms with Gasteiger partial charge in [0.25, 0.3) is 0 Å². The summed E-state index contributed by atoms with van der Waals surface area (Å²) in [7, 11) is 1.77. The molecule has 2 rings (SSSR count). The van der Waals surface area contributed by atoms with Crippen LogP contribution in [0.3, 0.4) is 0 Å². The highest BCUT2D eigenvalue weighted by Gasteiger charge is 2.25. The third kappa shape index (κ3) is 5.56. The zero-order valence-electron chi connectivity index (χ0n) is 13.8. The largest absolute Gasteiger partial charge is 0.379 e. The van der Waals surface area contributed by atoms with Gasteiger partial charge in [-0.2, -0.15) is 0 Å². The Hall–Kier alpha value is -1.26. The van der Waals surface area contributed by atoms with Gasteiger partial charge in [0, 0.05) is 32.3 Å². The minimum atomic E-state index is 0.118. The number of Topliss-reactive ketones (excluding diaryl/α,β-unsaturated/α-hetero) is 1. The topological polar surface area (TPSA) is 42.4 Å². The van der Waals surface area contributed by atoms with E-state index < -0.39 is 0 Å². The molecule has 1 aromatic heterocycles. The van der Waals surface area contributed by atoms with E-state index in [1.807, 2.05) is 32.9 Å². The van der Waals surface area contributed by atoms with E-state index in [4.69, 9.17) is 4.74 Å². The molecule has 21 heavy (non-hydrogen) atoms. The van der Waals surface area contributed by atoms with Crippen molar-refractivity contribution in [1.82, 2.24) is 9.88 Å². The predicted octanol–water partition coefficient (Wildman–Crippen LogP) is 2.96. The Kier molecular flexibility index (Phi) is 8.16. The van der Waals surface area contributed by atoms with Crippen LogP contribution in [0.2, 0.25) is 0 Å². The number of ether oxygens (including phenoxy) is 1. The number of likely N-dealkylation sites (tertiary alicyclic amines) is 1. The summed E-state index contributed by atoms with van der Waals surface area (Å²) in [5.41, 5.74) is 1.62. The first-order valence-corrected chi connectivity index (χ1v) is 7.97. The minimum Gasteiger partial charge on any atom is -0.379 e. The Morgan fingerprint density at radius 2 is 2.10 bits per heavy atom. The zero-order valence-corrected chi connectivity index (χ0v) is 13.8. The maximum absolute atomic E-state index is 11.6. The lowest BCUT2D eigenvalue weighted by molar-refractivity contribution is -0.0294. The molecule has 2 heterocycles. The van der Waals surface area contributed by atoms with Gasteiger partial charge in [0.1, 0.15) is 5.69 Å². The molecule has 0 aromatic carbocycles. The van der Waals surface area contributed by atoms with Crippen molar-refractivity contribution in [3.63, 3.8) is 0 Å². The van der Waals surface area contributed by atoms with Crippen molar-refractivity contribution in [2.45, 2.75) is 46.1 Å². The number of aryl methyl sites for hydroxylation is 1. The number of pyridine rings is 1. The molecule has 0 saturated carbocycles. The number of carbonyl (C=O) groups excluding carboxylic acids is 1. The van der Waals surface area contributed by atoms with E-state index in [-0.39, 0.29) is 5.78 Å². The first-order chi connectivity index (χ1) is 10.2. The SMILES string of the molecule is CC.CCC(=O)c1cccc(CCCN2CC(OC)C2)n1. The van der Waals surface area contributed by atoms with E-state index >= 15 is 0 Å². The highest BCUT2D eigenvalue weighted by atomic mass is 16.5. The molecule has 0 N–H and O–H groups in total. The van der Waals surface area contributed by atoms with Gasteiger partial charge in [0.15, 0.2) is 5.78 Å². The fraction of sp³-hybridized carbons (Fsp3) is 0.647. The van der Waals surface area contributed by atoms with Gasteiger partial charge in [-0.3, -0.25) is 9.69 Å². The molecule has 1 fully saturated rings. The summed E-state index contributed by atoms with van der Waals surface area (Å²) in [5.74, 6) is 0.118. The van der Waals surface area contributed by atoms with E-state index in [1.165, 1.54) is 0 Å². The number of hydrogen-bond donors (Lipinski definition) is 0. The van der Waals surface area contributed by atoms with Gasteiger partial charge >= 0.3 is 0 Å². The normalized spacial score (nSPS) is 15.0. The summed E-state index contributed by atoms with van der Waals surface area (Å²) >= 11 is 0. The van der Waals surface area contributed by atoms with Gasteiger partial charge in [-0.05, 0) is 31.5 Å². The van der Waals surface area contributed by atoms with Crippen LogP contribution >= 0.6 is 0 Å². The van der Waals surface area contributed by atoms with E-state index in [0.717, 1.165) is 38.2 Å². The number of nitrogens with zero attached hydrogens (tertiary/aromatic N) is 2. The molecular weight excluding hydrogens is 264 g/mol. The molecule has 1 aliphatic rings. The molecule has 4 heteroatoms. The van der Waals surface area contributed by atoms with Crippen molar-refractivity contribution in [2.24, 2.45) is 0 Å². The maximum atomic E-state index is 11.6. The molecule has 0 atom stereocenters. The first-order valence-electron chi connectivity index (χ1n) is 7.97. The van der Waals surface area contributed by atoms with Crippen molar-refractivity contribution >= 4 is 5.78 Å². The zero-order chi connectivity index (χ0) is 15.7. The molecule has 0 bridgehead atoms. The fourth-order valence-electron chi connectivity index (χ4n) is 2.29. The van der Waals surface area contributed by atoms with E-state index in [0.29, 0.717) is 18.2 Å². The Labute approximate surface area is 128 Å². The van der Waals surface area contributed by atoms with Crippen molar-refractivity contribution in [2.75, 3.05) is 26.7 Å². The van der Waals surface area contributed by atoms with Gasteiger partial charge in [0.05, 0.1) is 6.10 Å². The van der Waals surface area contributed by atoms with Crippen LogP contribution in [-0.2, 0) is 11.2 Å². The van der Waals surface area contributed by atoms with Gasteiger partial charge < -0.3 is 4.74 Å². The summed E-state index contributed by atoms with van der Waals surface area (Å²) in [5, 5.41) is 0. The Morgan fingerprint density at radius 3 is 2.71 bits per heavy atom. The van der Waals surface area contributed by atoms with Crippen molar-refractivity contribution in [3.05, 3.63) is 29.6 Å². The molecule has 1 aliphatic heterocycles. The number of rotatable bonds is 7. The van der Waals surface area contributed by atoms with Crippen LogP contribution in [0, 0.1) is 0 Å². The Morgan fingerprint density at radius 1 is 1.38 bits per heavy atom. The summed E-state index contributed by atoms with van der Waals surface area (Å²) in [6, 6.07) is 5.73. The predicted molar refractivity (Wildman–Crippen MR) is 85.8 cm³/mol. The highest BCUT2D eigenvalue weighted by Crippen LogP contribution is 2.12. The number of carbonyl (C=O) groups is 1. The van der Waals surface area contributed by atoms with Gasteiger partial charge in [-0.1, -0.05) is 26.8 Å². The lowest BCUT2D eigenvalue weighted by Gasteiger charge is -2.38. The summed E-state index contributed by atoms with van der Waals surface area (Å²) in [6.45, 7) is 9.02. The number of aromatic nitrogens is 1. The third-order valence-electron chi connectivity index (χ3n) is 3.58. The second-order valence-electron chi connectivity index (χ2n) is 5.01. The fourth-order valence-corrected chi connectivity index (χ4v) is 2.29. The lowest BCUT2D eigenvalue weighted by Crippen LogP contribution is -2.51. The smallest absolute Gasteiger partial charge is 0.180 e. The molecule has 4 nitrogen and oxygen atoms in total. The molecule has 118 valence electrons. The van der Waals surface area contributed by atoms with Crippen LogP contribution < -0.4 is 0 Å². The van der Waals surface area contributed by atoms with Crippen LogP contribution in [0.4, 0.5) is 0 Å². The average molecular weight is 292 g/mol. The molecular formula is C17H28N2O2. The van der Waals surface area contributed by atoms with E-state index in [9.17, 15) is 4.79 Å². The molecule has 0 spiro atoms. The number of methoxy groups -OCH3 is 1. The summed E-state index contributed by atoms with van der Waals surface area (Å²) < 4.78 is 5.24. The third-order valence-corrected chi connectivity index (χ3v) is 3.58. The van der Waals surface area contributed by atoms with E-state index in [2.05, 4.69) is 9.88 Å². The Balaban J connectivity index is 0.00000106.